The smallest absolute Gasteiger partial charge is 0.244 e. The number of aromatic amines is 1. The van der Waals surface area contributed by atoms with Crippen LogP contribution in [0.3, 0.4) is 0 Å². The summed E-state index contributed by atoms with van der Waals surface area (Å²) < 4.78 is 2.93. The summed E-state index contributed by atoms with van der Waals surface area (Å²) in [5.74, 6) is -7.13. The van der Waals surface area contributed by atoms with Crippen LogP contribution in [0.5, 0.6) is 0 Å². The van der Waals surface area contributed by atoms with Gasteiger partial charge in [-0.25, -0.2) is 9.98 Å². The number of carbonyl (C=O) groups excluding carboxylic acids is 9. The number of rotatable bonds is 6. The summed E-state index contributed by atoms with van der Waals surface area (Å²) in [5, 5.41) is 21.6. The highest BCUT2D eigenvalue weighted by atomic mass is 32.2. The molecule has 23 heteroatoms. The molecule has 1 unspecified atom stereocenters. The minimum absolute atomic E-state index is 0.00209. The zero-order chi connectivity index (χ0) is 45.7. The maximum atomic E-state index is 13.9. The van der Waals surface area contributed by atoms with Crippen LogP contribution in [-0.2, 0) is 56.1 Å². The van der Waals surface area contributed by atoms with Crippen molar-refractivity contribution in [2.75, 3.05) is 5.75 Å². The van der Waals surface area contributed by atoms with Crippen molar-refractivity contribution < 1.29 is 43.2 Å². The molecule has 0 bridgehead atoms. The number of hydrogen-bond donors (Lipinski definition) is 9. The zero-order valence-corrected chi connectivity index (χ0v) is 36.9. The molecule has 0 aromatic carbocycles. The van der Waals surface area contributed by atoms with Crippen LogP contribution in [0.1, 0.15) is 66.5 Å². The number of thioether (sulfide) groups is 1. The van der Waals surface area contributed by atoms with E-state index < -0.39 is 101 Å². The van der Waals surface area contributed by atoms with Gasteiger partial charge in [0.1, 0.15) is 42.3 Å². The number of aryl methyl sites for hydroxylation is 1. The van der Waals surface area contributed by atoms with E-state index in [4.69, 9.17) is 5.73 Å². The van der Waals surface area contributed by atoms with Crippen molar-refractivity contribution in [3.8, 4) is 0 Å². The van der Waals surface area contributed by atoms with Gasteiger partial charge in [-0.1, -0.05) is 6.42 Å². The highest BCUT2D eigenvalue weighted by molar-refractivity contribution is 7.99. The van der Waals surface area contributed by atoms with Crippen molar-refractivity contribution in [2.45, 2.75) is 121 Å². The second-order valence-electron chi connectivity index (χ2n) is 15.0. The predicted octanol–water partition coefficient (Wildman–Crippen LogP) is -0.843. The number of aliphatic imine (C=N–C) groups is 1. The molecule has 3 aromatic rings. The Labute approximate surface area is 365 Å². The molecule has 0 spiro atoms. The van der Waals surface area contributed by atoms with Gasteiger partial charge in [-0.3, -0.25) is 43.2 Å². The largest absolute Gasteiger partial charge is 0.368 e. The number of thiophene rings is 1. The van der Waals surface area contributed by atoms with E-state index in [1.54, 1.807) is 0 Å². The normalized spacial score (nSPS) is 25.2. The highest BCUT2D eigenvalue weighted by Gasteiger charge is 2.31. The Hall–Kier alpha value is -6.10. The number of aromatic nitrogens is 3. The van der Waals surface area contributed by atoms with Gasteiger partial charge in [0.05, 0.1) is 22.0 Å². The second-order valence-corrected chi connectivity index (χ2v) is 16.9. The first kappa shape index (κ1) is 48.6. The lowest BCUT2D eigenvalue weighted by atomic mass is 10.0. The molecule has 0 fully saturated rings. The minimum atomic E-state index is -1.25. The number of nitrogens with one attached hydrogen (secondary N) is 8. The Bertz CT molecular complexity index is 2150. The summed E-state index contributed by atoms with van der Waals surface area (Å²) in [5.41, 5.74) is 6.19. The van der Waals surface area contributed by atoms with Crippen molar-refractivity contribution >= 4 is 92.6 Å². The van der Waals surface area contributed by atoms with Crippen molar-refractivity contribution in [2.24, 2.45) is 16.6 Å². The standard InChI is InChI=1S/C39H54N12O9S2/c1-19-32(54)45-21(3)34(56)47-23(5)36(58)50-29(38(60)49-28(31(40)53)13-27-15-41-18-43-27)17-62-39-30-26(10-12-61-30)16-51(39)11-8-7-9-25(14-42-24(6)52)37(59)48-22(4)35(57)46-20(2)33(55)44-19/h10,12,14-16,18-23,25,28-29H,7-9,11,13,17H2,1-6H3,(H2,40,53)(H,41,43)(H,44,55)(H,45,54)(H,46,57)(H,47,56)(H,48,59)(H,49,60)(H,50,58)/b42-14+/t19-,20-,21-,22-,23-,25?,28-,29-/m0/s1. The molecule has 62 heavy (non-hydrogen) atoms. The maximum Gasteiger partial charge on any atom is 0.244 e. The van der Waals surface area contributed by atoms with Gasteiger partial charge < -0.3 is 52.5 Å². The van der Waals surface area contributed by atoms with Crippen molar-refractivity contribution in [1.29, 1.82) is 0 Å². The molecule has 4 rings (SSSR count). The Morgan fingerprint density at radius 1 is 0.855 bits per heavy atom. The number of nitrogens with zero attached hydrogens (tertiary/aromatic N) is 3. The third kappa shape index (κ3) is 14.0. The van der Waals surface area contributed by atoms with Gasteiger partial charge in [-0.05, 0) is 58.9 Å². The maximum absolute atomic E-state index is 13.9. The molecule has 10 N–H and O–H groups in total. The van der Waals surface area contributed by atoms with E-state index in [0.717, 1.165) is 15.1 Å². The molecule has 1 aliphatic rings. The number of carbonyl (C=O) groups is 9. The van der Waals surface area contributed by atoms with Gasteiger partial charge in [-0.15, -0.1) is 23.1 Å². The third-order valence-corrected chi connectivity index (χ3v) is 12.1. The monoisotopic (exact) mass is 898 g/mol. The third-order valence-electron chi connectivity index (χ3n) is 9.80. The van der Waals surface area contributed by atoms with Crippen molar-refractivity contribution in [3.63, 3.8) is 0 Å². The summed E-state index contributed by atoms with van der Waals surface area (Å²) in [6.45, 7) is 8.68. The Kier molecular flexibility index (Phi) is 17.7. The van der Waals surface area contributed by atoms with Gasteiger partial charge in [0.25, 0.3) is 0 Å². The molecule has 0 radical (unpaired) electrons. The molecule has 0 saturated heterocycles. The van der Waals surface area contributed by atoms with E-state index >= 15 is 0 Å². The number of nitrogens with two attached hydrogens (primary N) is 1. The molecule has 0 saturated carbocycles. The predicted molar refractivity (Wildman–Crippen MR) is 230 cm³/mol. The summed E-state index contributed by atoms with van der Waals surface area (Å²) in [6, 6.07) is -6.24. The molecule has 21 nitrogen and oxygen atoms in total. The van der Waals surface area contributed by atoms with Gasteiger partial charge in [0.2, 0.25) is 53.2 Å². The van der Waals surface area contributed by atoms with Crippen LogP contribution in [0.2, 0.25) is 0 Å². The fraction of sp³-hybridized carbons (Fsp3) is 0.513. The van der Waals surface area contributed by atoms with Crippen LogP contribution in [0.25, 0.3) is 10.1 Å². The average Bonchev–Trinajstić information content (AvgIpc) is 3.97. The van der Waals surface area contributed by atoms with Crippen LogP contribution in [0, 0.1) is 5.92 Å². The van der Waals surface area contributed by atoms with E-state index in [2.05, 4.69) is 52.2 Å². The first-order chi connectivity index (χ1) is 29.3. The lowest BCUT2D eigenvalue weighted by molar-refractivity contribution is -0.134. The van der Waals surface area contributed by atoms with Gasteiger partial charge in [-0.2, -0.15) is 0 Å². The minimum Gasteiger partial charge on any atom is -0.368 e. The number of hydrogen-bond acceptors (Lipinski definition) is 12. The Morgan fingerprint density at radius 2 is 1.40 bits per heavy atom. The van der Waals surface area contributed by atoms with E-state index in [1.807, 2.05) is 22.2 Å². The fourth-order valence-electron chi connectivity index (χ4n) is 6.14. The van der Waals surface area contributed by atoms with Crippen molar-refractivity contribution in [3.05, 3.63) is 35.9 Å². The first-order valence-electron chi connectivity index (χ1n) is 20.0. The van der Waals surface area contributed by atoms with Gasteiger partial charge >= 0.3 is 0 Å². The lowest BCUT2D eigenvalue weighted by Gasteiger charge is -2.24. The Morgan fingerprint density at radius 3 is 1.92 bits per heavy atom. The van der Waals surface area contributed by atoms with E-state index in [9.17, 15) is 43.2 Å². The van der Waals surface area contributed by atoms with E-state index in [1.165, 1.54) is 83.4 Å². The Balaban J connectivity index is 1.63. The van der Waals surface area contributed by atoms with E-state index in [0.29, 0.717) is 25.1 Å². The quantitative estimate of drug-likeness (QED) is 0.137. The molecule has 3 aromatic heterocycles. The molecule has 9 amide bonds. The SMILES string of the molecule is CC(=O)/N=C/C1CCCCn2cc3ccsc3c2SC[C@@H](C(=O)N[C@@H](Cc2cnc[nH]2)C(N)=O)NC(=O)[C@H](C)NC(=O)[C@H](C)NC(=O)[C@H](C)NC(=O)[C@H](C)NC(=O)[C@H](C)NC1=O. The fourth-order valence-corrected chi connectivity index (χ4v) is 8.40. The van der Waals surface area contributed by atoms with Crippen LogP contribution < -0.4 is 43.0 Å². The summed E-state index contributed by atoms with van der Waals surface area (Å²) in [7, 11) is 0. The van der Waals surface area contributed by atoms with Crippen LogP contribution in [0.15, 0.2) is 40.2 Å². The number of amides is 9. The highest BCUT2D eigenvalue weighted by Crippen LogP contribution is 2.35. The number of imidazole rings is 1. The summed E-state index contributed by atoms with van der Waals surface area (Å²) >= 11 is 2.77. The molecule has 336 valence electrons. The molecule has 1 aliphatic heterocycles. The number of primary amides is 1. The summed E-state index contributed by atoms with van der Waals surface area (Å²) in [6.07, 6.45) is 7.43. The van der Waals surface area contributed by atoms with Crippen LogP contribution in [0.4, 0.5) is 0 Å². The average molecular weight is 899 g/mol. The molecular weight excluding hydrogens is 845 g/mol. The number of fused-ring (bicyclic) bond motifs is 3. The first-order valence-corrected chi connectivity index (χ1v) is 21.8. The molecular formula is C39H54N12O9S2. The topological polar surface area (TPSA) is 310 Å². The number of H-pyrrole nitrogens is 1. The van der Waals surface area contributed by atoms with Gasteiger partial charge in [0.15, 0.2) is 0 Å². The molecule has 8 atom stereocenters. The summed E-state index contributed by atoms with van der Waals surface area (Å²) in [4.78, 5) is 128. The van der Waals surface area contributed by atoms with Crippen LogP contribution >= 0.6 is 23.1 Å². The van der Waals surface area contributed by atoms with Crippen molar-refractivity contribution in [1.82, 2.24) is 51.8 Å². The molecule has 4 heterocycles. The van der Waals surface area contributed by atoms with Crippen LogP contribution in [-0.4, -0.2) is 122 Å². The molecule has 0 aliphatic carbocycles. The van der Waals surface area contributed by atoms with Gasteiger partial charge in [0, 0.05) is 55.3 Å². The zero-order valence-electron chi connectivity index (χ0n) is 35.2. The van der Waals surface area contributed by atoms with E-state index in [-0.39, 0.29) is 18.6 Å². The lowest BCUT2D eigenvalue weighted by Crippen LogP contribution is -2.59. The second kappa shape index (κ2) is 22.7.